The SMILES string of the molecule is Cc1n[nH]c(C)c1CN[C@H]1CCC[C@H](C(F)(F)F)C1. The van der Waals surface area contributed by atoms with E-state index in [1.54, 1.807) is 0 Å². The van der Waals surface area contributed by atoms with E-state index >= 15 is 0 Å². The first kappa shape index (κ1) is 14.4. The summed E-state index contributed by atoms with van der Waals surface area (Å²) < 4.78 is 38.1. The van der Waals surface area contributed by atoms with Gasteiger partial charge in [0.2, 0.25) is 0 Å². The van der Waals surface area contributed by atoms with Gasteiger partial charge in [-0.2, -0.15) is 18.3 Å². The fraction of sp³-hybridized carbons (Fsp3) is 0.769. The Balaban J connectivity index is 1.90. The quantitative estimate of drug-likeness (QED) is 0.889. The zero-order valence-electron chi connectivity index (χ0n) is 11.3. The van der Waals surface area contributed by atoms with E-state index in [9.17, 15) is 13.2 Å². The molecular formula is C13H20F3N3. The zero-order chi connectivity index (χ0) is 14.0. The van der Waals surface area contributed by atoms with Gasteiger partial charge in [-0.05, 0) is 33.1 Å². The number of hydrogen-bond donors (Lipinski definition) is 2. The first-order valence-electron chi connectivity index (χ1n) is 6.68. The minimum Gasteiger partial charge on any atom is -0.310 e. The smallest absolute Gasteiger partial charge is 0.310 e. The van der Waals surface area contributed by atoms with Gasteiger partial charge in [-0.1, -0.05) is 6.42 Å². The molecule has 0 spiro atoms. The molecule has 6 heteroatoms. The van der Waals surface area contributed by atoms with Gasteiger partial charge < -0.3 is 5.32 Å². The predicted octanol–water partition coefficient (Wildman–Crippen LogP) is 3.24. The van der Waals surface area contributed by atoms with Gasteiger partial charge in [-0.3, -0.25) is 5.10 Å². The molecule has 19 heavy (non-hydrogen) atoms. The van der Waals surface area contributed by atoms with Crippen LogP contribution < -0.4 is 5.32 Å². The highest BCUT2D eigenvalue weighted by Crippen LogP contribution is 2.37. The van der Waals surface area contributed by atoms with E-state index < -0.39 is 12.1 Å². The van der Waals surface area contributed by atoms with Gasteiger partial charge in [0.1, 0.15) is 0 Å². The maximum atomic E-state index is 12.7. The first-order chi connectivity index (χ1) is 8.88. The van der Waals surface area contributed by atoms with Crippen LogP contribution in [0.2, 0.25) is 0 Å². The molecule has 0 aromatic carbocycles. The highest BCUT2D eigenvalue weighted by molar-refractivity contribution is 5.22. The van der Waals surface area contributed by atoms with Crippen molar-refractivity contribution in [3.05, 3.63) is 17.0 Å². The molecule has 2 rings (SSSR count). The molecule has 0 radical (unpaired) electrons. The van der Waals surface area contributed by atoms with Crippen molar-refractivity contribution in [2.75, 3.05) is 0 Å². The predicted molar refractivity (Wildman–Crippen MR) is 66.7 cm³/mol. The van der Waals surface area contributed by atoms with Gasteiger partial charge in [0.15, 0.2) is 0 Å². The van der Waals surface area contributed by atoms with Crippen molar-refractivity contribution in [3.63, 3.8) is 0 Å². The molecule has 0 aliphatic heterocycles. The van der Waals surface area contributed by atoms with Gasteiger partial charge in [0.25, 0.3) is 0 Å². The summed E-state index contributed by atoms with van der Waals surface area (Å²) in [5, 5.41) is 10.2. The number of aromatic nitrogens is 2. The average Bonchev–Trinajstić information content (AvgIpc) is 2.66. The maximum absolute atomic E-state index is 12.7. The molecule has 0 amide bonds. The van der Waals surface area contributed by atoms with Gasteiger partial charge in [0.05, 0.1) is 11.6 Å². The van der Waals surface area contributed by atoms with Crippen LogP contribution in [-0.4, -0.2) is 22.4 Å². The van der Waals surface area contributed by atoms with Gasteiger partial charge in [0, 0.05) is 23.8 Å². The van der Waals surface area contributed by atoms with Crippen LogP contribution in [0.25, 0.3) is 0 Å². The number of H-pyrrole nitrogens is 1. The monoisotopic (exact) mass is 275 g/mol. The molecule has 1 aliphatic rings. The normalized spacial score (nSPS) is 24.7. The minimum absolute atomic E-state index is 0.0472. The minimum atomic E-state index is -4.05. The van der Waals surface area contributed by atoms with E-state index in [-0.39, 0.29) is 18.9 Å². The third-order valence-electron chi connectivity index (χ3n) is 3.99. The number of rotatable bonds is 3. The van der Waals surface area contributed by atoms with Gasteiger partial charge in [-0.25, -0.2) is 0 Å². The number of nitrogens with zero attached hydrogens (tertiary/aromatic N) is 1. The van der Waals surface area contributed by atoms with Crippen LogP contribution in [0, 0.1) is 19.8 Å². The Morgan fingerprint density at radius 2 is 2.05 bits per heavy atom. The topological polar surface area (TPSA) is 40.7 Å². The maximum Gasteiger partial charge on any atom is 0.391 e. The summed E-state index contributed by atoms with van der Waals surface area (Å²) in [7, 11) is 0. The fourth-order valence-corrected chi connectivity index (χ4v) is 2.75. The molecule has 1 saturated carbocycles. The van der Waals surface area contributed by atoms with Crippen molar-refractivity contribution >= 4 is 0 Å². The Morgan fingerprint density at radius 1 is 1.32 bits per heavy atom. The second-order valence-corrected chi connectivity index (χ2v) is 5.40. The molecule has 0 bridgehead atoms. The summed E-state index contributed by atoms with van der Waals surface area (Å²) in [5.74, 6) is -1.15. The lowest BCUT2D eigenvalue weighted by atomic mass is 9.85. The number of halogens is 3. The van der Waals surface area contributed by atoms with E-state index in [1.165, 1.54) is 0 Å². The van der Waals surface area contributed by atoms with Crippen LogP contribution in [0.15, 0.2) is 0 Å². The molecule has 1 heterocycles. The van der Waals surface area contributed by atoms with Crippen LogP contribution in [-0.2, 0) is 6.54 Å². The molecule has 3 nitrogen and oxygen atoms in total. The van der Waals surface area contributed by atoms with E-state index in [1.807, 2.05) is 13.8 Å². The summed E-state index contributed by atoms with van der Waals surface area (Å²) in [6.07, 6.45) is -2.12. The van der Waals surface area contributed by atoms with Gasteiger partial charge in [-0.15, -0.1) is 0 Å². The van der Waals surface area contributed by atoms with Crippen molar-refractivity contribution in [1.29, 1.82) is 0 Å². The number of hydrogen-bond acceptors (Lipinski definition) is 2. The van der Waals surface area contributed by atoms with Crippen LogP contribution in [0.5, 0.6) is 0 Å². The van der Waals surface area contributed by atoms with Crippen molar-refractivity contribution in [2.45, 2.75) is 58.3 Å². The second kappa shape index (κ2) is 5.53. The van der Waals surface area contributed by atoms with Crippen molar-refractivity contribution in [3.8, 4) is 0 Å². The molecule has 1 fully saturated rings. The Morgan fingerprint density at radius 3 is 2.63 bits per heavy atom. The number of aromatic amines is 1. The number of nitrogens with one attached hydrogen (secondary N) is 2. The Bertz CT molecular complexity index is 406. The molecule has 108 valence electrons. The average molecular weight is 275 g/mol. The van der Waals surface area contributed by atoms with E-state index in [4.69, 9.17) is 0 Å². The largest absolute Gasteiger partial charge is 0.391 e. The number of aryl methyl sites for hydroxylation is 2. The Kier molecular flexibility index (Phi) is 4.18. The molecular weight excluding hydrogens is 255 g/mol. The third-order valence-corrected chi connectivity index (χ3v) is 3.99. The Labute approximate surface area is 111 Å². The summed E-state index contributed by atoms with van der Waals surface area (Å²) in [6, 6.07) is -0.0472. The molecule has 2 atom stereocenters. The standard InChI is InChI=1S/C13H20F3N3/c1-8-12(9(2)19-18-8)7-17-11-5-3-4-10(6-11)13(14,15)16/h10-11,17H,3-7H2,1-2H3,(H,18,19)/t10-,11-/m0/s1. The Hall–Kier alpha value is -1.04. The molecule has 1 aromatic rings. The summed E-state index contributed by atoms with van der Waals surface area (Å²) in [5.41, 5.74) is 2.95. The molecule has 1 aliphatic carbocycles. The van der Waals surface area contributed by atoms with Crippen molar-refractivity contribution in [2.24, 2.45) is 5.92 Å². The van der Waals surface area contributed by atoms with Crippen LogP contribution in [0.4, 0.5) is 13.2 Å². The van der Waals surface area contributed by atoms with Crippen LogP contribution in [0.1, 0.15) is 42.6 Å². The fourth-order valence-electron chi connectivity index (χ4n) is 2.75. The van der Waals surface area contributed by atoms with E-state index in [0.717, 1.165) is 23.4 Å². The van der Waals surface area contributed by atoms with E-state index in [2.05, 4.69) is 15.5 Å². The molecule has 0 unspecified atom stereocenters. The second-order valence-electron chi connectivity index (χ2n) is 5.40. The highest BCUT2D eigenvalue weighted by Gasteiger charge is 2.41. The number of alkyl halides is 3. The lowest BCUT2D eigenvalue weighted by molar-refractivity contribution is -0.183. The van der Waals surface area contributed by atoms with Gasteiger partial charge >= 0.3 is 6.18 Å². The lowest BCUT2D eigenvalue weighted by Gasteiger charge is -2.31. The van der Waals surface area contributed by atoms with E-state index in [0.29, 0.717) is 13.0 Å². The van der Waals surface area contributed by atoms with Crippen molar-refractivity contribution < 1.29 is 13.2 Å². The first-order valence-corrected chi connectivity index (χ1v) is 6.68. The highest BCUT2D eigenvalue weighted by atomic mass is 19.4. The third kappa shape index (κ3) is 3.49. The summed E-state index contributed by atoms with van der Waals surface area (Å²) >= 11 is 0. The van der Waals surface area contributed by atoms with Crippen molar-refractivity contribution in [1.82, 2.24) is 15.5 Å². The molecule has 1 aromatic heterocycles. The summed E-state index contributed by atoms with van der Waals surface area (Å²) in [4.78, 5) is 0. The lowest BCUT2D eigenvalue weighted by Crippen LogP contribution is -2.38. The van der Waals surface area contributed by atoms with Crippen LogP contribution in [0.3, 0.4) is 0 Å². The summed E-state index contributed by atoms with van der Waals surface area (Å²) in [6.45, 7) is 4.42. The van der Waals surface area contributed by atoms with Crippen LogP contribution >= 0.6 is 0 Å². The molecule has 0 saturated heterocycles. The molecule has 2 N–H and O–H groups in total. The zero-order valence-corrected chi connectivity index (χ0v) is 11.3.